The van der Waals surface area contributed by atoms with Crippen LogP contribution in [0.25, 0.3) is 0 Å². The predicted octanol–water partition coefficient (Wildman–Crippen LogP) is 2.93. The van der Waals surface area contributed by atoms with E-state index >= 15 is 0 Å². The molecule has 0 atom stereocenters. The number of benzene rings is 1. The van der Waals surface area contributed by atoms with Crippen molar-refractivity contribution in [1.29, 1.82) is 0 Å². The van der Waals surface area contributed by atoms with Crippen LogP contribution >= 0.6 is 11.6 Å². The minimum atomic E-state index is 0.465. The van der Waals surface area contributed by atoms with Crippen LogP contribution in [0.4, 0.5) is 0 Å². The summed E-state index contributed by atoms with van der Waals surface area (Å²) in [7, 11) is 0. The molecule has 0 N–H and O–H groups in total. The Morgan fingerprint density at radius 2 is 1.94 bits per heavy atom. The van der Waals surface area contributed by atoms with Crippen molar-refractivity contribution in [3.63, 3.8) is 0 Å². The van der Waals surface area contributed by atoms with Crippen LogP contribution < -0.4 is 0 Å². The minimum Gasteiger partial charge on any atom is -0.297 e. The molecular weight excluding hydrogens is 222 g/mol. The van der Waals surface area contributed by atoms with E-state index in [4.69, 9.17) is 11.6 Å². The molecular formula is C12H14ClN3. The number of halogens is 1. The Kier molecular flexibility index (Phi) is 3.57. The summed E-state index contributed by atoms with van der Waals surface area (Å²) in [5.41, 5.74) is 1.21. The maximum Gasteiger partial charge on any atom is 0.225 e. The van der Waals surface area contributed by atoms with E-state index in [1.54, 1.807) is 0 Å². The summed E-state index contributed by atoms with van der Waals surface area (Å²) in [6, 6.07) is 10.2. The van der Waals surface area contributed by atoms with Crippen molar-refractivity contribution >= 4 is 11.6 Å². The lowest BCUT2D eigenvalue weighted by molar-refractivity contribution is 0.705. The third-order valence-corrected chi connectivity index (χ3v) is 2.72. The Morgan fingerprint density at radius 3 is 2.62 bits per heavy atom. The Hall–Kier alpha value is -1.35. The molecule has 4 heteroatoms. The lowest BCUT2D eigenvalue weighted by atomic mass is 10.2. The van der Waals surface area contributed by atoms with Gasteiger partial charge in [0.15, 0.2) is 0 Å². The first-order valence-electron chi connectivity index (χ1n) is 5.42. The van der Waals surface area contributed by atoms with E-state index in [2.05, 4.69) is 29.3 Å². The standard InChI is InChI=1S/C12H14ClN3/c1-2-6-11-14-15-12(13)16(11)9-10-7-4-3-5-8-10/h3-5,7-8H,2,6,9H2,1H3. The van der Waals surface area contributed by atoms with Crippen LogP contribution in [-0.4, -0.2) is 14.8 Å². The van der Waals surface area contributed by atoms with Gasteiger partial charge in [0.1, 0.15) is 5.82 Å². The zero-order valence-electron chi connectivity index (χ0n) is 9.23. The fourth-order valence-electron chi connectivity index (χ4n) is 1.64. The van der Waals surface area contributed by atoms with E-state index in [1.807, 2.05) is 22.8 Å². The van der Waals surface area contributed by atoms with Crippen molar-refractivity contribution in [3.05, 3.63) is 47.0 Å². The molecule has 3 nitrogen and oxygen atoms in total. The van der Waals surface area contributed by atoms with Crippen molar-refractivity contribution in [2.45, 2.75) is 26.3 Å². The summed E-state index contributed by atoms with van der Waals surface area (Å²) in [5.74, 6) is 0.955. The lowest BCUT2D eigenvalue weighted by Crippen LogP contribution is -2.05. The largest absolute Gasteiger partial charge is 0.297 e. The lowest BCUT2D eigenvalue weighted by Gasteiger charge is -2.06. The second-order valence-electron chi connectivity index (χ2n) is 3.71. The fraction of sp³-hybridized carbons (Fsp3) is 0.333. The molecule has 0 aliphatic carbocycles. The van der Waals surface area contributed by atoms with E-state index in [1.165, 1.54) is 5.56 Å². The van der Waals surface area contributed by atoms with E-state index in [9.17, 15) is 0 Å². The molecule has 1 aromatic heterocycles. The summed E-state index contributed by atoms with van der Waals surface area (Å²) in [4.78, 5) is 0. The molecule has 0 saturated carbocycles. The summed E-state index contributed by atoms with van der Waals surface area (Å²) in [6.45, 7) is 2.86. The van der Waals surface area contributed by atoms with Crippen LogP contribution in [0.1, 0.15) is 24.7 Å². The van der Waals surface area contributed by atoms with Crippen LogP contribution in [-0.2, 0) is 13.0 Å². The Bertz CT molecular complexity index is 451. The second kappa shape index (κ2) is 5.12. The molecule has 0 radical (unpaired) electrons. The van der Waals surface area contributed by atoms with Crippen LogP contribution in [0.15, 0.2) is 30.3 Å². The summed E-state index contributed by atoms with van der Waals surface area (Å²) < 4.78 is 1.96. The summed E-state index contributed by atoms with van der Waals surface area (Å²) in [5, 5.41) is 8.46. The first-order chi connectivity index (χ1) is 7.81. The maximum absolute atomic E-state index is 6.02. The number of aromatic nitrogens is 3. The quantitative estimate of drug-likeness (QED) is 0.816. The van der Waals surface area contributed by atoms with Gasteiger partial charge >= 0.3 is 0 Å². The first kappa shape index (κ1) is 11.1. The fourth-order valence-corrected chi connectivity index (χ4v) is 1.84. The van der Waals surface area contributed by atoms with Gasteiger partial charge in [0.05, 0.1) is 6.54 Å². The van der Waals surface area contributed by atoms with Gasteiger partial charge in [-0.15, -0.1) is 10.2 Å². The van der Waals surface area contributed by atoms with Gasteiger partial charge in [-0.25, -0.2) is 0 Å². The zero-order chi connectivity index (χ0) is 11.4. The molecule has 0 unspecified atom stereocenters. The smallest absolute Gasteiger partial charge is 0.225 e. The van der Waals surface area contributed by atoms with E-state index in [0.717, 1.165) is 25.2 Å². The molecule has 84 valence electrons. The van der Waals surface area contributed by atoms with Gasteiger partial charge in [-0.2, -0.15) is 0 Å². The number of hydrogen-bond acceptors (Lipinski definition) is 2. The van der Waals surface area contributed by atoms with Gasteiger partial charge in [-0.1, -0.05) is 37.3 Å². The van der Waals surface area contributed by atoms with Crippen LogP contribution in [0.3, 0.4) is 0 Å². The third kappa shape index (κ3) is 2.42. The van der Waals surface area contributed by atoms with Gasteiger partial charge in [-0.3, -0.25) is 4.57 Å². The van der Waals surface area contributed by atoms with Crippen molar-refractivity contribution in [3.8, 4) is 0 Å². The predicted molar refractivity (Wildman–Crippen MR) is 64.6 cm³/mol. The van der Waals surface area contributed by atoms with Crippen LogP contribution in [0.2, 0.25) is 5.28 Å². The molecule has 0 aliphatic heterocycles. The molecule has 2 aromatic rings. The summed E-state index contributed by atoms with van der Waals surface area (Å²) >= 11 is 6.02. The van der Waals surface area contributed by atoms with Crippen molar-refractivity contribution in [2.75, 3.05) is 0 Å². The molecule has 0 aliphatic rings. The van der Waals surface area contributed by atoms with Crippen LogP contribution in [0.5, 0.6) is 0 Å². The van der Waals surface area contributed by atoms with E-state index < -0.39 is 0 Å². The Balaban J connectivity index is 2.23. The molecule has 1 heterocycles. The molecule has 0 spiro atoms. The second-order valence-corrected chi connectivity index (χ2v) is 4.05. The maximum atomic E-state index is 6.02. The molecule has 0 fully saturated rings. The van der Waals surface area contributed by atoms with Crippen molar-refractivity contribution < 1.29 is 0 Å². The van der Waals surface area contributed by atoms with Gasteiger partial charge in [0.25, 0.3) is 0 Å². The number of rotatable bonds is 4. The molecule has 1 aromatic carbocycles. The third-order valence-electron chi connectivity index (χ3n) is 2.44. The topological polar surface area (TPSA) is 30.7 Å². The van der Waals surface area contributed by atoms with Crippen molar-refractivity contribution in [2.24, 2.45) is 0 Å². The highest BCUT2D eigenvalue weighted by molar-refractivity contribution is 6.28. The normalized spacial score (nSPS) is 10.6. The number of hydrogen-bond donors (Lipinski definition) is 0. The van der Waals surface area contributed by atoms with Crippen molar-refractivity contribution in [1.82, 2.24) is 14.8 Å². The van der Waals surface area contributed by atoms with Gasteiger partial charge in [0, 0.05) is 6.42 Å². The average molecular weight is 236 g/mol. The monoisotopic (exact) mass is 235 g/mol. The minimum absolute atomic E-state index is 0.465. The highest BCUT2D eigenvalue weighted by Gasteiger charge is 2.09. The Morgan fingerprint density at radius 1 is 1.19 bits per heavy atom. The Labute approximate surface area is 100 Å². The zero-order valence-corrected chi connectivity index (χ0v) is 9.98. The van der Waals surface area contributed by atoms with Crippen LogP contribution in [0, 0.1) is 0 Å². The molecule has 0 bridgehead atoms. The van der Waals surface area contributed by atoms with Gasteiger partial charge in [-0.05, 0) is 23.6 Å². The van der Waals surface area contributed by atoms with Gasteiger partial charge < -0.3 is 0 Å². The molecule has 0 amide bonds. The highest BCUT2D eigenvalue weighted by atomic mass is 35.5. The number of nitrogens with zero attached hydrogens (tertiary/aromatic N) is 3. The van der Waals surface area contributed by atoms with Gasteiger partial charge in [0.2, 0.25) is 5.28 Å². The molecule has 0 saturated heterocycles. The summed E-state index contributed by atoms with van der Waals surface area (Å²) in [6.07, 6.45) is 1.95. The molecule has 2 rings (SSSR count). The number of aryl methyl sites for hydroxylation is 1. The highest BCUT2D eigenvalue weighted by Crippen LogP contribution is 2.13. The first-order valence-corrected chi connectivity index (χ1v) is 5.80. The molecule has 16 heavy (non-hydrogen) atoms. The average Bonchev–Trinajstić information content (AvgIpc) is 2.64. The van der Waals surface area contributed by atoms with E-state index in [0.29, 0.717) is 5.28 Å². The van der Waals surface area contributed by atoms with E-state index in [-0.39, 0.29) is 0 Å². The SMILES string of the molecule is CCCc1nnc(Cl)n1Cc1ccccc1.